The van der Waals surface area contributed by atoms with Gasteiger partial charge in [0.25, 0.3) is 0 Å². The molecule has 5 nitrogen and oxygen atoms in total. The molecule has 1 heterocycles. The molecule has 5 heteroatoms. The van der Waals surface area contributed by atoms with Gasteiger partial charge in [-0.1, -0.05) is 25.7 Å². The Morgan fingerprint density at radius 1 is 1.04 bits per heavy atom. The molecule has 0 radical (unpaired) electrons. The van der Waals surface area contributed by atoms with E-state index in [0.717, 1.165) is 32.3 Å². The van der Waals surface area contributed by atoms with E-state index < -0.39 is 0 Å². The standard InChI is InChI=1S/C18H36N4O/c1-3-23-15-12-20-17(19-2)21-16-18(10-6-4-7-11-18)22-13-8-5-9-14-22/h3-16H2,1-2H3,(H2,19,20,21). The van der Waals surface area contributed by atoms with Gasteiger partial charge in [-0.15, -0.1) is 0 Å². The lowest BCUT2D eigenvalue weighted by Gasteiger charge is -2.48. The van der Waals surface area contributed by atoms with Crippen molar-refractivity contribution in [3.8, 4) is 0 Å². The second kappa shape index (κ2) is 10.1. The lowest BCUT2D eigenvalue weighted by atomic mass is 9.79. The number of ether oxygens (including phenoxy) is 1. The second-order valence-corrected chi connectivity index (χ2v) is 6.88. The number of hydrogen-bond donors (Lipinski definition) is 2. The van der Waals surface area contributed by atoms with Crippen molar-refractivity contribution < 1.29 is 4.74 Å². The van der Waals surface area contributed by atoms with Crippen LogP contribution in [0.15, 0.2) is 4.99 Å². The first-order valence-electron chi connectivity index (χ1n) is 9.58. The van der Waals surface area contributed by atoms with E-state index >= 15 is 0 Å². The fourth-order valence-electron chi connectivity index (χ4n) is 4.04. The summed E-state index contributed by atoms with van der Waals surface area (Å²) in [7, 11) is 1.85. The van der Waals surface area contributed by atoms with Gasteiger partial charge in [-0.2, -0.15) is 0 Å². The summed E-state index contributed by atoms with van der Waals surface area (Å²) in [5, 5.41) is 6.96. The van der Waals surface area contributed by atoms with Crippen LogP contribution in [0.2, 0.25) is 0 Å². The van der Waals surface area contributed by atoms with Crippen molar-refractivity contribution in [2.75, 3.05) is 46.4 Å². The highest BCUT2D eigenvalue weighted by Crippen LogP contribution is 2.35. The molecule has 2 fully saturated rings. The quantitative estimate of drug-likeness (QED) is 0.429. The van der Waals surface area contributed by atoms with Crippen LogP contribution in [0.4, 0.5) is 0 Å². The zero-order valence-electron chi connectivity index (χ0n) is 15.2. The summed E-state index contributed by atoms with van der Waals surface area (Å²) in [5.41, 5.74) is 0.343. The van der Waals surface area contributed by atoms with E-state index in [1.807, 2.05) is 14.0 Å². The van der Waals surface area contributed by atoms with Crippen LogP contribution in [-0.4, -0.2) is 62.8 Å². The average Bonchev–Trinajstić information content (AvgIpc) is 2.63. The van der Waals surface area contributed by atoms with Crippen molar-refractivity contribution in [3.63, 3.8) is 0 Å². The summed E-state index contributed by atoms with van der Waals surface area (Å²) >= 11 is 0. The van der Waals surface area contributed by atoms with Gasteiger partial charge in [0.2, 0.25) is 0 Å². The molecular weight excluding hydrogens is 288 g/mol. The van der Waals surface area contributed by atoms with E-state index in [2.05, 4.69) is 20.5 Å². The SMILES string of the molecule is CCOCCNC(=NC)NCC1(N2CCCCC2)CCCCC1. The highest BCUT2D eigenvalue weighted by atomic mass is 16.5. The summed E-state index contributed by atoms with van der Waals surface area (Å²) in [6.07, 6.45) is 10.9. The number of likely N-dealkylation sites (tertiary alicyclic amines) is 1. The monoisotopic (exact) mass is 324 g/mol. The maximum absolute atomic E-state index is 5.38. The predicted molar refractivity (Wildman–Crippen MR) is 97.1 cm³/mol. The first kappa shape index (κ1) is 18.5. The first-order chi connectivity index (χ1) is 11.3. The summed E-state index contributed by atoms with van der Waals surface area (Å²) in [4.78, 5) is 7.14. The molecule has 0 spiro atoms. The second-order valence-electron chi connectivity index (χ2n) is 6.88. The normalized spacial score (nSPS) is 22.8. The van der Waals surface area contributed by atoms with Crippen LogP contribution in [0.1, 0.15) is 58.3 Å². The van der Waals surface area contributed by atoms with E-state index in [9.17, 15) is 0 Å². The molecule has 0 aromatic rings. The molecule has 0 aromatic carbocycles. The molecular formula is C18H36N4O. The molecule has 2 rings (SSSR count). The van der Waals surface area contributed by atoms with E-state index in [1.165, 1.54) is 64.5 Å². The molecule has 1 aliphatic heterocycles. The van der Waals surface area contributed by atoms with Crippen LogP contribution >= 0.6 is 0 Å². The van der Waals surface area contributed by atoms with Crippen LogP contribution in [0, 0.1) is 0 Å². The van der Waals surface area contributed by atoms with Crippen molar-refractivity contribution in [1.82, 2.24) is 15.5 Å². The van der Waals surface area contributed by atoms with Gasteiger partial charge in [-0.25, -0.2) is 0 Å². The maximum Gasteiger partial charge on any atom is 0.191 e. The molecule has 1 saturated carbocycles. The fourth-order valence-corrected chi connectivity index (χ4v) is 4.04. The van der Waals surface area contributed by atoms with E-state index in [-0.39, 0.29) is 0 Å². The van der Waals surface area contributed by atoms with Gasteiger partial charge in [0, 0.05) is 32.3 Å². The van der Waals surface area contributed by atoms with Gasteiger partial charge in [-0.3, -0.25) is 9.89 Å². The minimum absolute atomic E-state index is 0.343. The third kappa shape index (κ3) is 5.64. The zero-order chi connectivity index (χ0) is 16.4. The highest BCUT2D eigenvalue weighted by Gasteiger charge is 2.38. The Hall–Kier alpha value is -0.810. The molecule has 23 heavy (non-hydrogen) atoms. The van der Waals surface area contributed by atoms with Gasteiger partial charge in [0.15, 0.2) is 5.96 Å². The molecule has 2 N–H and O–H groups in total. The number of rotatable bonds is 7. The van der Waals surface area contributed by atoms with E-state index in [0.29, 0.717) is 5.54 Å². The number of piperidine rings is 1. The summed E-state index contributed by atoms with van der Waals surface area (Å²) in [6, 6.07) is 0. The maximum atomic E-state index is 5.38. The van der Waals surface area contributed by atoms with E-state index in [1.54, 1.807) is 0 Å². The Bertz CT molecular complexity index is 347. The smallest absolute Gasteiger partial charge is 0.191 e. The first-order valence-corrected chi connectivity index (χ1v) is 9.58. The van der Waals surface area contributed by atoms with Crippen LogP contribution in [0.25, 0.3) is 0 Å². The molecule has 1 aliphatic carbocycles. The van der Waals surface area contributed by atoms with Crippen molar-refractivity contribution in [3.05, 3.63) is 0 Å². The van der Waals surface area contributed by atoms with Gasteiger partial charge >= 0.3 is 0 Å². The van der Waals surface area contributed by atoms with Crippen LogP contribution in [0.5, 0.6) is 0 Å². The molecule has 0 amide bonds. The predicted octanol–water partition coefficient (Wildman–Crippen LogP) is 2.38. The Morgan fingerprint density at radius 3 is 2.39 bits per heavy atom. The summed E-state index contributed by atoms with van der Waals surface area (Å²) in [5.74, 6) is 0.909. The number of aliphatic imine (C=N–C) groups is 1. The molecule has 134 valence electrons. The fraction of sp³-hybridized carbons (Fsp3) is 0.944. The van der Waals surface area contributed by atoms with Gasteiger partial charge < -0.3 is 15.4 Å². The van der Waals surface area contributed by atoms with E-state index in [4.69, 9.17) is 4.74 Å². The third-order valence-electron chi connectivity index (χ3n) is 5.36. The molecule has 1 saturated heterocycles. The van der Waals surface area contributed by atoms with Gasteiger partial charge in [0.05, 0.1) is 6.61 Å². The molecule has 2 aliphatic rings. The third-order valence-corrected chi connectivity index (χ3v) is 5.36. The number of hydrogen-bond acceptors (Lipinski definition) is 3. The number of nitrogens with one attached hydrogen (secondary N) is 2. The summed E-state index contributed by atoms with van der Waals surface area (Å²) in [6.45, 7) is 7.90. The van der Waals surface area contributed by atoms with Crippen molar-refractivity contribution in [2.45, 2.75) is 63.8 Å². The lowest BCUT2D eigenvalue weighted by Crippen LogP contribution is -2.59. The lowest BCUT2D eigenvalue weighted by molar-refractivity contribution is 0.0368. The van der Waals surface area contributed by atoms with Crippen LogP contribution in [0.3, 0.4) is 0 Å². The highest BCUT2D eigenvalue weighted by molar-refractivity contribution is 5.79. The average molecular weight is 325 g/mol. The minimum Gasteiger partial charge on any atom is -0.380 e. The molecule has 0 bridgehead atoms. The molecule has 0 atom stereocenters. The Morgan fingerprint density at radius 2 is 1.74 bits per heavy atom. The van der Waals surface area contributed by atoms with Gasteiger partial charge in [0.1, 0.15) is 0 Å². The van der Waals surface area contributed by atoms with Crippen LogP contribution in [-0.2, 0) is 4.74 Å². The Labute approximate surface area is 142 Å². The van der Waals surface area contributed by atoms with Crippen molar-refractivity contribution >= 4 is 5.96 Å². The van der Waals surface area contributed by atoms with Gasteiger partial charge in [-0.05, 0) is 45.7 Å². The molecule has 0 unspecified atom stereocenters. The molecule has 0 aromatic heterocycles. The zero-order valence-corrected chi connectivity index (χ0v) is 15.2. The topological polar surface area (TPSA) is 48.9 Å². The van der Waals surface area contributed by atoms with Crippen LogP contribution < -0.4 is 10.6 Å². The Kier molecular flexibility index (Phi) is 8.17. The number of guanidine groups is 1. The minimum atomic E-state index is 0.343. The number of nitrogens with zero attached hydrogens (tertiary/aromatic N) is 2. The summed E-state index contributed by atoms with van der Waals surface area (Å²) < 4.78 is 5.38. The Balaban J connectivity index is 1.86. The largest absolute Gasteiger partial charge is 0.380 e. The van der Waals surface area contributed by atoms with Crippen molar-refractivity contribution in [2.24, 2.45) is 4.99 Å². The van der Waals surface area contributed by atoms with Crippen molar-refractivity contribution in [1.29, 1.82) is 0 Å².